The standard InChI is InChI=1S/C12H18N2O/c1-14(2)12-8-13-7-9-4-5-10(15-3)6-11(9)12/h4-6,12-13H,7-8H2,1-3H3/t12-/m0/s1. The Bertz CT molecular complexity index is 349. The number of rotatable bonds is 2. The second-order valence-electron chi connectivity index (χ2n) is 4.18. The summed E-state index contributed by atoms with van der Waals surface area (Å²) in [6, 6.07) is 6.78. The minimum absolute atomic E-state index is 0.448. The van der Waals surface area contributed by atoms with Gasteiger partial charge in [-0.15, -0.1) is 0 Å². The number of likely N-dealkylation sites (N-methyl/N-ethyl adjacent to an activating group) is 1. The fraction of sp³-hybridized carbons (Fsp3) is 0.500. The van der Waals surface area contributed by atoms with Gasteiger partial charge in [-0.1, -0.05) is 6.07 Å². The van der Waals surface area contributed by atoms with Gasteiger partial charge in [0.15, 0.2) is 0 Å². The molecule has 0 saturated carbocycles. The zero-order chi connectivity index (χ0) is 10.8. The Hall–Kier alpha value is -1.06. The Morgan fingerprint density at radius 1 is 1.40 bits per heavy atom. The van der Waals surface area contributed by atoms with Gasteiger partial charge in [0.05, 0.1) is 7.11 Å². The van der Waals surface area contributed by atoms with Crippen LogP contribution in [0.25, 0.3) is 0 Å². The topological polar surface area (TPSA) is 24.5 Å². The highest BCUT2D eigenvalue weighted by atomic mass is 16.5. The van der Waals surface area contributed by atoms with Crippen molar-refractivity contribution in [2.45, 2.75) is 12.6 Å². The van der Waals surface area contributed by atoms with Crippen LogP contribution in [-0.2, 0) is 6.54 Å². The maximum absolute atomic E-state index is 5.27. The van der Waals surface area contributed by atoms with Gasteiger partial charge in [0.25, 0.3) is 0 Å². The fourth-order valence-corrected chi connectivity index (χ4v) is 2.09. The molecule has 0 bridgehead atoms. The molecule has 0 amide bonds. The summed E-state index contributed by atoms with van der Waals surface area (Å²) in [7, 11) is 5.94. The van der Waals surface area contributed by atoms with Crippen LogP contribution in [0.1, 0.15) is 17.2 Å². The molecule has 3 heteroatoms. The Morgan fingerprint density at radius 2 is 2.20 bits per heavy atom. The second-order valence-corrected chi connectivity index (χ2v) is 4.18. The highest BCUT2D eigenvalue weighted by Gasteiger charge is 2.21. The molecule has 0 aliphatic carbocycles. The van der Waals surface area contributed by atoms with Crippen LogP contribution in [0, 0.1) is 0 Å². The molecule has 1 heterocycles. The molecule has 1 N–H and O–H groups in total. The van der Waals surface area contributed by atoms with Crippen LogP contribution >= 0.6 is 0 Å². The van der Waals surface area contributed by atoms with Crippen LogP contribution in [0.15, 0.2) is 18.2 Å². The molecule has 1 aliphatic rings. The maximum atomic E-state index is 5.27. The predicted molar refractivity (Wildman–Crippen MR) is 61.1 cm³/mol. The third-order valence-corrected chi connectivity index (χ3v) is 2.99. The molecule has 0 aromatic heterocycles. The van der Waals surface area contributed by atoms with Gasteiger partial charge in [0, 0.05) is 19.1 Å². The van der Waals surface area contributed by atoms with Crippen LogP contribution in [0.3, 0.4) is 0 Å². The number of fused-ring (bicyclic) bond motifs is 1. The normalized spacial score (nSPS) is 20.1. The molecule has 82 valence electrons. The van der Waals surface area contributed by atoms with Crippen molar-refractivity contribution >= 4 is 0 Å². The lowest BCUT2D eigenvalue weighted by Crippen LogP contribution is -2.35. The summed E-state index contributed by atoms with van der Waals surface area (Å²) in [5, 5.41) is 3.43. The molecular formula is C12H18N2O. The summed E-state index contributed by atoms with van der Waals surface area (Å²) in [5.41, 5.74) is 2.76. The van der Waals surface area contributed by atoms with Crippen molar-refractivity contribution in [3.05, 3.63) is 29.3 Å². The predicted octanol–water partition coefficient (Wildman–Crippen LogP) is 1.40. The van der Waals surface area contributed by atoms with Crippen LogP contribution in [0.5, 0.6) is 5.75 Å². The second kappa shape index (κ2) is 4.21. The van der Waals surface area contributed by atoms with E-state index in [0.29, 0.717) is 6.04 Å². The largest absolute Gasteiger partial charge is 0.497 e. The molecule has 0 fully saturated rings. The van der Waals surface area contributed by atoms with E-state index >= 15 is 0 Å². The molecule has 15 heavy (non-hydrogen) atoms. The lowest BCUT2D eigenvalue weighted by molar-refractivity contribution is 0.274. The van der Waals surface area contributed by atoms with Gasteiger partial charge < -0.3 is 15.0 Å². The van der Waals surface area contributed by atoms with Crippen LogP contribution < -0.4 is 10.1 Å². The molecule has 2 rings (SSSR count). The smallest absolute Gasteiger partial charge is 0.119 e. The minimum Gasteiger partial charge on any atom is -0.497 e. The van der Waals surface area contributed by atoms with E-state index in [4.69, 9.17) is 4.74 Å². The van der Waals surface area contributed by atoms with Gasteiger partial charge in [-0.3, -0.25) is 0 Å². The van der Waals surface area contributed by atoms with Crippen molar-refractivity contribution in [1.29, 1.82) is 0 Å². The number of nitrogens with zero attached hydrogens (tertiary/aromatic N) is 1. The number of nitrogens with one attached hydrogen (secondary N) is 1. The zero-order valence-electron chi connectivity index (χ0n) is 9.58. The average Bonchev–Trinajstić information content (AvgIpc) is 2.27. The van der Waals surface area contributed by atoms with Gasteiger partial charge in [-0.25, -0.2) is 0 Å². The number of hydrogen-bond donors (Lipinski definition) is 1. The highest BCUT2D eigenvalue weighted by Crippen LogP contribution is 2.28. The molecule has 0 unspecified atom stereocenters. The highest BCUT2D eigenvalue weighted by molar-refractivity contribution is 5.39. The molecule has 0 saturated heterocycles. The van der Waals surface area contributed by atoms with Gasteiger partial charge >= 0.3 is 0 Å². The van der Waals surface area contributed by atoms with E-state index in [1.807, 2.05) is 6.07 Å². The molecule has 1 aliphatic heterocycles. The number of hydrogen-bond acceptors (Lipinski definition) is 3. The number of methoxy groups -OCH3 is 1. The van der Waals surface area contributed by atoms with Crippen molar-refractivity contribution < 1.29 is 4.74 Å². The van der Waals surface area contributed by atoms with Crippen molar-refractivity contribution in [3.8, 4) is 5.75 Å². The third-order valence-electron chi connectivity index (χ3n) is 2.99. The van der Waals surface area contributed by atoms with Crippen molar-refractivity contribution in [3.63, 3.8) is 0 Å². The zero-order valence-corrected chi connectivity index (χ0v) is 9.58. The molecule has 0 spiro atoms. The minimum atomic E-state index is 0.448. The fourth-order valence-electron chi connectivity index (χ4n) is 2.09. The SMILES string of the molecule is COc1ccc2c(c1)[C@@H](N(C)C)CNC2. The molecule has 1 atom stereocenters. The Labute approximate surface area is 91.0 Å². The molecule has 1 aromatic rings. The first-order valence-corrected chi connectivity index (χ1v) is 5.26. The van der Waals surface area contributed by atoms with Gasteiger partial charge in [0.2, 0.25) is 0 Å². The summed E-state index contributed by atoms with van der Waals surface area (Å²) in [6.45, 7) is 1.97. The van der Waals surface area contributed by atoms with E-state index < -0.39 is 0 Å². The van der Waals surface area contributed by atoms with Crippen molar-refractivity contribution in [2.24, 2.45) is 0 Å². The molecule has 0 radical (unpaired) electrons. The number of benzene rings is 1. The van der Waals surface area contributed by atoms with Crippen LogP contribution in [-0.4, -0.2) is 32.6 Å². The maximum Gasteiger partial charge on any atom is 0.119 e. The van der Waals surface area contributed by atoms with E-state index in [-0.39, 0.29) is 0 Å². The summed E-state index contributed by atoms with van der Waals surface area (Å²) < 4.78 is 5.27. The van der Waals surface area contributed by atoms with E-state index in [1.165, 1.54) is 11.1 Å². The monoisotopic (exact) mass is 206 g/mol. The van der Waals surface area contributed by atoms with E-state index in [1.54, 1.807) is 7.11 Å². The van der Waals surface area contributed by atoms with Gasteiger partial charge in [-0.05, 0) is 37.4 Å². The van der Waals surface area contributed by atoms with E-state index in [0.717, 1.165) is 18.8 Å². The van der Waals surface area contributed by atoms with Gasteiger partial charge in [0.1, 0.15) is 5.75 Å². The summed E-state index contributed by atoms with van der Waals surface area (Å²) in [4.78, 5) is 2.24. The van der Waals surface area contributed by atoms with Gasteiger partial charge in [-0.2, -0.15) is 0 Å². The van der Waals surface area contributed by atoms with Crippen molar-refractivity contribution in [2.75, 3.05) is 27.7 Å². The molecule has 3 nitrogen and oxygen atoms in total. The van der Waals surface area contributed by atoms with Crippen molar-refractivity contribution in [1.82, 2.24) is 10.2 Å². The lowest BCUT2D eigenvalue weighted by Gasteiger charge is -2.31. The lowest BCUT2D eigenvalue weighted by atomic mass is 9.96. The van der Waals surface area contributed by atoms with E-state index in [2.05, 4.69) is 36.4 Å². The molecular weight excluding hydrogens is 188 g/mol. The van der Waals surface area contributed by atoms with Crippen LogP contribution in [0.2, 0.25) is 0 Å². The summed E-state index contributed by atoms with van der Waals surface area (Å²) in [6.07, 6.45) is 0. The Morgan fingerprint density at radius 3 is 2.87 bits per heavy atom. The third kappa shape index (κ3) is 1.98. The molecule has 1 aromatic carbocycles. The summed E-state index contributed by atoms with van der Waals surface area (Å²) >= 11 is 0. The first-order valence-electron chi connectivity index (χ1n) is 5.26. The van der Waals surface area contributed by atoms with Crippen LogP contribution in [0.4, 0.5) is 0 Å². The Kier molecular flexibility index (Phi) is 2.93. The summed E-state index contributed by atoms with van der Waals surface area (Å²) in [5.74, 6) is 0.947. The quantitative estimate of drug-likeness (QED) is 0.791. The Balaban J connectivity index is 2.39. The first-order chi connectivity index (χ1) is 7.22. The number of ether oxygens (including phenoxy) is 1. The first kappa shape index (κ1) is 10.5. The van der Waals surface area contributed by atoms with E-state index in [9.17, 15) is 0 Å². The average molecular weight is 206 g/mol.